The maximum absolute atomic E-state index is 10.9. The summed E-state index contributed by atoms with van der Waals surface area (Å²) >= 11 is 0. The second-order valence-electron chi connectivity index (χ2n) is 5.55. The standard InChI is InChI=1S/C15H20O3/c1-2-14(16)18-8-7-17-13-6-5-12-10-3-4-11(9-10)15(12)13/h2-4,10-13,15H,1,5-9H2. The molecule has 0 aromatic rings. The molecular formula is C15H20O3. The summed E-state index contributed by atoms with van der Waals surface area (Å²) in [6, 6.07) is 0. The highest BCUT2D eigenvalue weighted by molar-refractivity contribution is 5.81. The highest BCUT2D eigenvalue weighted by atomic mass is 16.6. The largest absolute Gasteiger partial charge is 0.460 e. The van der Waals surface area contributed by atoms with Crippen LogP contribution in [-0.2, 0) is 14.3 Å². The predicted molar refractivity (Wildman–Crippen MR) is 67.8 cm³/mol. The van der Waals surface area contributed by atoms with Gasteiger partial charge in [-0.05, 0) is 42.9 Å². The van der Waals surface area contributed by atoms with Crippen LogP contribution in [0.1, 0.15) is 19.3 Å². The van der Waals surface area contributed by atoms with Crippen molar-refractivity contribution in [1.29, 1.82) is 0 Å². The van der Waals surface area contributed by atoms with Gasteiger partial charge < -0.3 is 9.47 Å². The molecular weight excluding hydrogens is 228 g/mol. The average Bonchev–Trinajstić information content (AvgIpc) is 3.06. The summed E-state index contributed by atoms with van der Waals surface area (Å²) in [5.41, 5.74) is 0. The number of rotatable bonds is 5. The Labute approximate surface area is 108 Å². The van der Waals surface area contributed by atoms with Crippen LogP contribution >= 0.6 is 0 Å². The number of allylic oxidation sites excluding steroid dienone is 2. The molecule has 0 spiro atoms. The van der Waals surface area contributed by atoms with Crippen molar-refractivity contribution in [3.63, 3.8) is 0 Å². The van der Waals surface area contributed by atoms with Crippen molar-refractivity contribution in [2.45, 2.75) is 25.4 Å². The van der Waals surface area contributed by atoms with Crippen LogP contribution in [0.2, 0.25) is 0 Å². The fourth-order valence-electron chi connectivity index (χ4n) is 4.06. The first-order chi connectivity index (χ1) is 8.79. The first-order valence-electron chi connectivity index (χ1n) is 6.88. The predicted octanol–water partition coefficient (Wildman–Crippen LogP) is 2.33. The molecule has 18 heavy (non-hydrogen) atoms. The van der Waals surface area contributed by atoms with Gasteiger partial charge in [0.1, 0.15) is 6.61 Å². The van der Waals surface area contributed by atoms with Crippen LogP contribution in [0.5, 0.6) is 0 Å². The van der Waals surface area contributed by atoms with Gasteiger partial charge in [-0.15, -0.1) is 0 Å². The molecule has 3 heteroatoms. The summed E-state index contributed by atoms with van der Waals surface area (Å²) in [5, 5.41) is 0. The zero-order valence-electron chi connectivity index (χ0n) is 10.6. The molecule has 3 nitrogen and oxygen atoms in total. The van der Waals surface area contributed by atoms with Crippen molar-refractivity contribution < 1.29 is 14.3 Å². The van der Waals surface area contributed by atoms with Crippen molar-refractivity contribution in [2.24, 2.45) is 23.7 Å². The molecule has 0 amide bonds. The topological polar surface area (TPSA) is 35.5 Å². The molecule has 3 rings (SSSR count). The van der Waals surface area contributed by atoms with Gasteiger partial charge in [0.15, 0.2) is 0 Å². The van der Waals surface area contributed by atoms with Crippen molar-refractivity contribution in [1.82, 2.24) is 0 Å². The molecule has 5 unspecified atom stereocenters. The normalized spacial score (nSPS) is 39.9. The van der Waals surface area contributed by atoms with Crippen LogP contribution in [0.15, 0.2) is 24.8 Å². The lowest BCUT2D eigenvalue weighted by Gasteiger charge is -2.25. The molecule has 3 aliphatic carbocycles. The Morgan fingerprint density at radius 3 is 2.94 bits per heavy atom. The minimum Gasteiger partial charge on any atom is -0.460 e. The van der Waals surface area contributed by atoms with Crippen LogP contribution in [0.4, 0.5) is 0 Å². The fourth-order valence-corrected chi connectivity index (χ4v) is 4.06. The van der Waals surface area contributed by atoms with Gasteiger partial charge in [0.25, 0.3) is 0 Å². The molecule has 2 saturated carbocycles. The molecule has 0 aromatic carbocycles. The second kappa shape index (κ2) is 4.88. The van der Waals surface area contributed by atoms with Gasteiger partial charge in [-0.2, -0.15) is 0 Å². The Morgan fingerprint density at radius 2 is 2.11 bits per heavy atom. The Morgan fingerprint density at radius 1 is 1.28 bits per heavy atom. The number of esters is 1. The van der Waals surface area contributed by atoms with Crippen LogP contribution in [0.3, 0.4) is 0 Å². The summed E-state index contributed by atoms with van der Waals surface area (Å²) in [6.45, 7) is 4.21. The van der Waals surface area contributed by atoms with Crippen LogP contribution in [-0.4, -0.2) is 25.3 Å². The Balaban J connectivity index is 1.45. The highest BCUT2D eigenvalue weighted by Gasteiger charge is 2.51. The minimum atomic E-state index is -0.370. The number of ether oxygens (including phenoxy) is 2. The van der Waals surface area contributed by atoms with E-state index in [2.05, 4.69) is 18.7 Å². The summed E-state index contributed by atoms with van der Waals surface area (Å²) in [7, 11) is 0. The maximum atomic E-state index is 10.9. The molecule has 0 N–H and O–H groups in total. The quantitative estimate of drug-likeness (QED) is 0.324. The summed E-state index contributed by atoms with van der Waals surface area (Å²) < 4.78 is 10.8. The van der Waals surface area contributed by atoms with E-state index in [1.165, 1.54) is 25.3 Å². The number of hydrogen-bond acceptors (Lipinski definition) is 3. The Kier molecular flexibility index (Phi) is 3.25. The van der Waals surface area contributed by atoms with Gasteiger partial charge in [-0.1, -0.05) is 18.7 Å². The van der Waals surface area contributed by atoms with E-state index >= 15 is 0 Å². The fraction of sp³-hybridized carbons (Fsp3) is 0.667. The lowest BCUT2D eigenvalue weighted by Crippen LogP contribution is -2.27. The van der Waals surface area contributed by atoms with Gasteiger partial charge in [0.05, 0.1) is 12.7 Å². The Bertz CT molecular complexity index is 374. The summed E-state index contributed by atoms with van der Waals surface area (Å²) in [4.78, 5) is 10.9. The first kappa shape index (κ1) is 12.0. The van der Waals surface area contributed by atoms with Crippen LogP contribution < -0.4 is 0 Å². The molecule has 0 saturated heterocycles. The SMILES string of the molecule is C=CC(=O)OCCOC1CCC2C3C=CC(C3)C12. The van der Waals surface area contributed by atoms with Gasteiger partial charge in [-0.3, -0.25) is 0 Å². The zero-order chi connectivity index (χ0) is 12.5. The number of carbonyl (C=O) groups excluding carboxylic acids is 1. The third kappa shape index (κ3) is 2.01. The van der Waals surface area contributed by atoms with E-state index in [9.17, 15) is 4.79 Å². The van der Waals surface area contributed by atoms with E-state index in [0.717, 1.165) is 23.7 Å². The van der Waals surface area contributed by atoms with Gasteiger partial charge >= 0.3 is 5.97 Å². The lowest BCUT2D eigenvalue weighted by molar-refractivity contribution is -0.140. The van der Waals surface area contributed by atoms with Crippen LogP contribution in [0.25, 0.3) is 0 Å². The molecule has 2 bridgehead atoms. The Hall–Kier alpha value is -1.09. The number of carbonyl (C=O) groups is 1. The number of hydrogen-bond donors (Lipinski definition) is 0. The molecule has 2 fully saturated rings. The zero-order valence-corrected chi connectivity index (χ0v) is 10.6. The van der Waals surface area contributed by atoms with Gasteiger partial charge in [0.2, 0.25) is 0 Å². The van der Waals surface area contributed by atoms with Crippen molar-refractivity contribution >= 4 is 5.97 Å². The van der Waals surface area contributed by atoms with Crippen LogP contribution in [0, 0.1) is 23.7 Å². The monoisotopic (exact) mass is 248 g/mol. The van der Waals surface area contributed by atoms with Crippen molar-refractivity contribution in [3.05, 3.63) is 24.8 Å². The molecule has 0 aromatic heterocycles. The molecule has 98 valence electrons. The smallest absolute Gasteiger partial charge is 0.330 e. The third-order valence-corrected chi connectivity index (χ3v) is 4.73. The lowest BCUT2D eigenvalue weighted by atomic mass is 9.85. The first-order valence-corrected chi connectivity index (χ1v) is 6.88. The third-order valence-electron chi connectivity index (χ3n) is 4.73. The molecule has 0 heterocycles. The van der Waals surface area contributed by atoms with Gasteiger partial charge in [0, 0.05) is 6.08 Å². The molecule has 0 radical (unpaired) electrons. The van der Waals surface area contributed by atoms with Crippen molar-refractivity contribution in [3.8, 4) is 0 Å². The molecule has 5 atom stereocenters. The van der Waals surface area contributed by atoms with Crippen molar-refractivity contribution in [2.75, 3.05) is 13.2 Å². The molecule has 0 aliphatic heterocycles. The summed E-state index contributed by atoms with van der Waals surface area (Å²) in [6.07, 6.45) is 10.1. The second-order valence-corrected chi connectivity index (χ2v) is 5.55. The average molecular weight is 248 g/mol. The molecule has 3 aliphatic rings. The van der Waals surface area contributed by atoms with E-state index < -0.39 is 0 Å². The maximum Gasteiger partial charge on any atom is 0.330 e. The minimum absolute atomic E-state index is 0.336. The van der Waals surface area contributed by atoms with E-state index in [0.29, 0.717) is 19.3 Å². The van der Waals surface area contributed by atoms with E-state index in [4.69, 9.17) is 9.47 Å². The van der Waals surface area contributed by atoms with Gasteiger partial charge in [-0.25, -0.2) is 4.79 Å². The van der Waals surface area contributed by atoms with E-state index in [-0.39, 0.29) is 5.97 Å². The highest BCUT2D eigenvalue weighted by Crippen LogP contribution is 2.56. The number of fused-ring (bicyclic) bond motifs is 5. The summed E-state index contributed by atoms with van der Waals surface area (Å²) in [5.74, 6) is 2.75. The van der Waals surface area contributed by atoms with E-state index in [1.54, 1.807) is 0 Å². The van der Waals surface area contributed by atoms with E-state index in [1.807, 2.05) is 0 Å².